The number of likely N-dealkylation sites (N-methyl/N-ethyl adjacent to an activating group) is 1. The fourth-order valence-electron chi connectivity index (χ4n) is 4.22. The molecule has 1 N–H and O–H groups in total. The molecule has 4 heteroatoms. The molecule has 0 unspecified atom stereocenters. The molecule has 4 rings (SSSR count). The molecule has 0 radical (unpaired) electrons. The number of carbonyl (C=O) groups excluding carboxylic acids is 1. The monoisotopic (exact) mass is 312 g/mol. The van der Waals surface area contributed by atoms with E-state index in [1.165, 1.54) is 6.42 Å². The Bertz CT molecular complexity index is 647. The average molecular weight is 312 g/mol. The van der Waals surface area contributed by atoms with Crippen LogP contribution in [-0.2, 0) is 4.79 Å². The molecular formula is C19H24N2O2. The first-order valence-corrected chi connectivity index (χ1v) is 8.74. The van der Waals surface area contributed by atoms with Gasteiger partial charge in [-0.3, -0.25) is 10.1 Å². The smallest absolute Gasteiger partial charge is 0.244 e. The zero-order valence-electron chi connectivity index (χ0n) is 13.7. The number of hydrogen-bond donors (Lipinski definition) is 1. The molecule has 4 nitrogen and oxygen atoms in total. The Morgan fingerprint density at radius 3 is 2.83 bits per heavy atom. The number of para-hydroxylation sites is 1. The molecule has 23 heavy (non-hydrogen) atoms. The van der Waals surface area contributed by atoms with Crippen LogP contribution >= 0.6 is 0 Å². The zero-order chi connectivity index (χ0) is 15.9. The van der Waals surface area contributed by atoms with Crippen molar-refractivity contribution in [2.75, 3.05) is 13.2 Å². The van der Waals surface area contributed by atoms with Gasteiger partial charge in [0, 0.05) is 17.7 Å². The van der Waals surface area contributed by atoms with Gasteiger partial charge in [0.05, 0.1) is 5.54 Å². The van der Waals surface area contributed by atoms with E-state index in [1.807, 2.05) is 23.1 Å². The summed E-state index contributed by atoms with van der Waals surface area (Å²) in [5, 5.41) is 3.69. The van der Waals surface area contributed by atoms with Crippen molar-refractivity contribution in [3.05, 3.63) is 35.4 Å². The van der Waals surface area contributed by atoms with Crippen LogP contribution in [0.5, 0.6) is 5.75 Å². The molecule has 1 spiro atoms. The van der Waals surface area contributed by atoms with Gasteiger partial charge in [-0.2, -0.15) is 0 Å². The SMILES string of the molecule is CCN1C(=O)C2(CCCCC2)N[C@H]1C1=Cc2ccccc2OC1. The van der Waals surface area contributed by atoms with E-state index in [4.69, 9.17) is 4.74 Å². The van der Waals surface area contributed by atoms with Crippen molar-refractivity contribution in [2.24, 2.45) is 0 Å². The standard InChI is InChI=1S/C19H24N2O2/c1-2-21-17(20-19(18(21)22)10-6-3-7-11-19)15-12-14-8-4-5-9-16(14)23-13-15/h4-5,8-9,12,17,20H,2-3,6-7,10-11,13H2,1H3/t17-/m1/s1. The fourth-order valence-corrected chi connectivity index (χ4v) is 4.22. The Labute approximate surface area is 137 Å². The summed E-state index contributed by atoms with van der Waals surface area (Å²) >= 11 is 0. The van der Waals surface area contributed by atoms with Gasteiger partial charge in [-0.25, -0.2) is 0 Å². The maximum atomic E-state index is 13.0. The van der Waals surface area contributed by atoms with Crippen LogP contribution in [0.4, 0.5) is 0 Å². The number of ether oxygens (including phenoxy) is 1. The Morgan fingerprint density at radius 1 is 1.26 bits per heavy atom. The topological polar surface area (TPSA) is 41.6 Å². The van der Waals surface area contributed by atoms with Crippen LogP contribution in [0.25, 0.3) is 6.08 Å². The van der Waals surface area contributed by atoms with E-state index in [9.17, 15) is 4.79 Å². The van der Waals surface area contributed by atoms with Crippen molar-refractivity contribution in [2.45, 2.75) is 50.7 Å². The van der Waals surface area contributed by atoms with Gasteiger partial charge in [-0.1, -0.05) is 37.5 Å². The van der Waals surface area contributed by atoms with Crippen molar-refractivity contribution < 1.29 is 9.53 Å². The average Bonchev–Trinajstić information content (AvgIpc) is 2.87. The molecule has 1 aromatic carbocycles. The zero-order valence-corrected chi connectivity index (χ0v) is 13.7. The number of amides is 1. The normalized spacial score (nSPS) is 26.0. The summed E-state index contributed by atoms with van der Waals surface area (Å²) in [6, 6.07) is 8.08. The van der Waals surface area contributed by atoms with Crippen LogP contribution in [0.1, 0.15) is 44.6 Å². The van der Waals surface area contributed by atoms with Gasteiger partial charge in [0.25, 0.3) is 0 Å². The van der Waals surface area contributed by atoms with Crippen molar-refractivity contribution in [1.29, 1.82) is 0 Å². The highest BCUT2D eigenvalue weighted by atomic mass is 16.5. The lowest BCUT2D eigenvalue weighted by atomic mass is 9.81. The van der Waals surface area contributed by atoms with Crippen molar-refractivity contribution >= 4 is 12.0 Å². The highest BCUT2D eigenvalue weighted by Gasteiger charge is 2.51. The third-order valence-corrected chi connectivity index (χ3v) is 5.45. The predicted octanol–water partition coefficient (Wildman–Crippen LogP) is 2.94. The van der Waals surface area contributed by atoms with Crippen LogP contribution < -0.4 is 10.1 Å². The first-order chi connectivity index (χ1) is 11.2. The third-order valence-electron chi connectivity index (χ3n) is 5.45. The highest BCUT2D eigenvalue weighted by molar-refractivity contribution is 5.90. The molecule has 0 bridgehead atoms. The van der Waals surface area contributed by atoms with Crippen LogP contribution in [0.3, 0.4) is 0 Å². The fraction of sp³-hybridized carbons (Fsp3) is 0.526. The van der Waals surface area contributed by atoms with E-state index in [1.54, 1.807) is 0 Å². The Balaban J connectivity index is 1.66. The van der Waals surface area contributed by atoms with E-state index in [0.717, 1.165) is 49.1 Å². The van der Waals surface area contributed by atoms with Gasteiger partial charge in [-0.05, 0) is 31.9 Å². The maximum Gasteiger partial charge on any atom is 0.244 e. The molecule has 1 aromatic rings. The second-order valence-electron chi connectivity index (χ2n) is 6.83. The predicted molar refractivity (Wildman–Crippen MR) is 90.0 cm³/mol. The number of rotatable bonds is 2. The van der Waals surface area contributed by atoms with Crippen molar-refractivity contribution in [3.8, 4) is 5.75 Å². The molecule has 1 saturated carbocycles. The highest BCUT2D eigenvalue weighted by Crippen LogP contribution is 2.38. The minimum absolute atomic E-state index is 0.0287. The summed E-state index contributed by atoms with van der Waals surface area (Å²) in [5.74, 6) is 1.21. The van der Waals surface area contributed by atoms with Crippen LogP contribution in [0.15, 0.2) is 29.8 Å². The molecule has 2 heterocycles. The molecule has 1 amide bonds. The molecule has 122 valence electrons. The number of fused-ring (bicyclic) bond motifs is 1. The van der Waals surface area contributed by atoms with E-state index in [-0.39, 0.29) is 17.6 Å². The van der Waals surface area contributed by atoms with Crippen molar-refractivity contribution in [1.82, 2.24) is 10.2 Å². The summed E-state index contributed by atoms with van der Waals surface area (Å²) in [7, 11) is 0. The van der Waals surface area contributed by atoms with Crippen LogP contribution in [-0.4, -0.2) is 35.7 Å². The summed E-state index contributed by atoms with van der Waals surface area (Å²) < 4.78 is 5.91. The van der Waals surface area contributed by atoms with Gasteiger partial charge >= 0.3 is 0 Å². The Morgan fingerprint density at radius 2 is 2.04 bits per heavy atom. The van der Waals surface area contributed by atoms with Gasteiger partial charge in [-0.15, -0.1) is 0 Å². The molecular weight excluding hydrogens is 288 g/mol. The Kier molecular flexibility index (Phi) is 3.64. The number of benzene rings is 1. The third kappa shape index (κ3) is 2.36. The lowest BCUT2D eigenvalue weighted by molar-refractivity contribution is -0.133. The number of nitrogens with zero attached hydrogens (tertiary/aromatic N) is 1. The molecule has 3 aliphatic rings. The van der Waals surface area contributed by atoms with Crippen molar-refractivity contribution in [3.63, 3.8) is 0 Å². The second-order valence-corrected chi connectivity index (χ2v) is 6.83. The van der Waals surface area contributed by atoms with Crippen LogP contribution in [0, 0.1) is 0 Å². The lowest BCUT2D eigenvalue weighted by Crippen LogP contribution is -2.49. The van der Waals surface area contributed by atoms with E-state index in [0.29, 0.717) is 6.61 Å². The second kappa shape index (κ2) is 5.68. The summed E-state index contributed by atoms with van der Waals surface area (Å²) in [5.41, 5.74) is 1.92. The van der Waals surface area contributed by atoms with E-state index >= 15 is 0 Å². The van der Waals surface area contributed by atoms with Gasteiger partial charge in [0.1, 0.15) is 18.5 Å². The van der Waals surface area contributed by atoms with Gasteiger partial charge in [0.15, 0.2) is 0 Å². The lowest BCUT2D eigenvalue weighted by Gasteiger charge is -2.31. The van der Waals surface area contributed by atoms with Gasteiger partial charge in [0.2, 0.25) is 5.91 Å². The summed E-state index contributed by atoms with van der Waals surface area (Å²) in [4.78, 5) is 15.0. The largest absolute Gasteiger partial charge is 0.488 e. The van der Waals surface area contributed by atoms with Crippen LogP contribution in [0.2, 0.25) is 0 Å². The molecule has 2 fully saturated rings. The number of nitrogens with one attached hydrogen (secondary N) is 1. The minimum atomic E-state index is -0.337. The molecule has 1 aliphatic carbocycles. The number of hydrogen-bond acceptors (Lipinski definition) is 3. The summed E-state index contributed by atoms with van der Waals surface area (Å²) in [6.07, 6.45) is 7.61. The first kappa shape index (κ1) is 14.8. The van der Waals surface area contributed by atoms with Gasteiger partial charge < -0.3 is 9.64 Å². The molecule has 0 aromatic heterocycles. The minimum Gasteiger partial charge on any atom is -0.488 e. The first-order valence-electron chi connectivity index (χ1n) is 8.74. The molecule has 2 aliphatic heterocycles. The number of carbonyl (C=O) groups is 1. The van der Waals surface area contributed by atoms with E-state index in [2.05, 4.69) is 24.4 Å². The summed E-state index contributed by atoms with van der Waals surface area (Å²) in [6.45, 7) is 3.35. The quantitative estimate of drug-likeness (QED) is 0.913. The molecule has 1 atom stereocenters. The molecule has 1 saturated heterocycles. The Hall–Kier alpha value is -1.81. The van der Waals surface area contributed by atoms with E-state index < -0.39 is 0 Å². The maximum absolute atomic E-state index is 13.0.